The van der Waals surface area contributed by atoms with E-state index in [1.807, 2.05) is 0 Å². The van der Waals surface area contributed by atoms with Gasteiger partial charge < -0.3 is 10.1 Å². The number of hydrogen-bond donors (Lipinski definition) is 1. The van der Waals surface area contributed by atoms with Crippen LogP contribution in [0.4, 0.5) is 0 Å². The Balaban J connectivity index is 2.08. The molecule has 0 bridgehead atoms. The molecular formula is C13H27NO. The molecule has 2 nitrogen and oxygen atoms in total. The smallest absolute Gasteiger partial charge is 0.0714 e. The van der Waals surface area contributed by atoms with E-state index in [0.29, 0.717) is 12.1 Å². The lowest BCUT2D eigenvalue weighted by Crippen LogP contribution is -2.23. The van der Waals surface area contributed by atoms with Gasteiger partial charge in [0.2, 0.25) is 0 Å². The van der Waals surface area contributed by atoms with Crippen molar-refractivity contribution in [2.24, 2.45) is 11.8 Å². The van der Waals surface area contributed by atoms with Crippen LogP contribution in [-0.2, 0) is 4.74 Å². The second kappa shape index (κ2) is 6.49. The molecule has 1 heterocycles. The zero-order valence-electron chi connectivity index (χ0n) is 10.8. The molecule has 0 radical (unpaired) electrons. The Morgan fingerprint density at radius 2 is 1.93 bits per heavy atom. The maximum Gasteiger partial charge on any atom is 0.0714 e. The van der Waals surface area contributed by atoms with E-state index < -0.39 is 0 Å². The van der Waals surface area contributed by atoms with Crippen LogP contribution >= 0.6 is 0 Å². The molecule has 1 aliphatic heterocycles. The zero-order chi connectivity index (χ0) is 11.3. The lowest BCUT2D eigenvalue weighted by molar-refractivity contribution is 0.0578. The summed E-state index contributed by atoms with van der Waals surface area (Å²) in [5.74, 6) is 1.54. The topological polar surface area (TPSA) is 21.3 Å². The van der Waals surface area contributed by atoms with Crippen molar-refractivity contribution in [1.82, 2.24) is 5.32 Å². The first-order valence-corrected chi connectivity index (χ1v) is 6.43. The summed E-state index contributed by atoms with van der Waals surface area (Å²) in [6, 6.07) is 0.689. The molecule has 1 rings (SSSR count). The summed E-state index contributed by atoms with van der Waals surface area (Å²) in [6.45, 7) is 11.0. The highest BCUT2D eigenvalue weighted by atomic mass is 16.5. The Bertz CT molecular complexity index is 168. The molecule has 0 aromatic carbocycles. The largest absolute Gasteiger partial charge is 0.377 e. The maximum absolute atomic E-state index is 5.86. The third-order valence-corrected chi connectivity index (χ3v) is 2.99. The van der Waals surface area contributed by atoms with Crippen LogP contribution in [0.15, 0.2) is 0 Å². The molecule has 0 aliphatic carbocycles. The Morgan fingerprint density at radius 3 is 2.53 bits per heavy atom. The van der Waals surface area contributed by atoms with E-state index >= 15 is 0 Å². The second-order valence-electron chi connectivity index (χ2n) is 5.65. The molecular weight excluding hydrogens is 186 g/mol. The van der Waals surface area contributed by atoms with Crippen molar-refractivity contribution >= 4 is 0 Å². The van der Waals surface area contributed by atoms with Crippen molar-refractivity contribution in [2.75, 3.05) is 13.2 Å². The first-order valence-electron chi connectivity index (χ1n) is 6.43. The summed E-state index contributed by atoms with van der Waals surface area (Å²) in [5, 5.41) is 3.55. The normalized spacial score (nSPS) is 26.8. The molecule has 0 amide bonds. The standard InChI is InChI=1S/C13H27NO/c1-10(2)5-6-15-13-8-12(14-9-13)7-11(3)4/h10-14H,5-9H2,1-4H3/t12-,13-/m1/s1. The minimum atomic E-state index is 0.465. The Morgan fingerprint density at radius 1 is 1.20 bits per heavy atom. The lowest BCUT2D eigenvalue weighted by Gasteiger charge is -2.14. The number of hydrogen-bond acceptors (Lipinski definition) is 2. The minimum absolute atomic E-state index is 0.465. The van der Waals surface area contributed by atoms with Crippen LogP contribution in [0, 0.1) is 11.8 Å². The van der Waals surface area contributed by atoms with Gasteiger partial charge in [0.15, 0.2) is 0 Å². The molecule has 0 aromatic rings. The van der Waals surface area contributed by atoms with Crippen molar-refractivity contribution in [2.45, 2.75) is 59.1 Å². The van der Waals surface area contributed by atoms with Crippen molar-refractivity contribution in [3.05, 3.63) is 0 Å². The SMILES string of the molecule is CC(C)CCO[C@H]1CN[C@H](CC(C)C)C1. The molecule has 1 fully saturated rings. The zero-order valence-corrected chi connectivity index (χ0v) is 10.8. The molecule has 1 saturated heterocycles. The molecule has 15 heavy (non-hydrogen) atoms. The minimum Gasteiger partial charge on any atom is -0.377 e. The highest BCUT2D eigenvalue weighted by Gasteiger charge is 2.24. The van der Waals surface area contributed by atoms with Gasteiger partial charge in [-0.3, -0.25) is 0 Å². The van der Waals surface area contributed by atoms with E-state index in [1.54, 1.807) is 0 Å². The summed E-state index contributed by atoms with van der Waals surface area (Å²) < 4.78 is 5.86. The Hall–Kier alpha value is -0.0800. The fourth-order valence-corrected chi connectivity index (χ4v) is 2.13. The van der Waals surface area contributed by atoms with E-state index in [0.717, 1.165) is 25.0 Å². The molecule has 0 unspecified atom stereocenters. The number of ether oxygens (including phenoxy) is 1. The van der Waals surface area contributed by atoms with Crippen LogP contribution in [0.5, 0.6) is 0 Å². The molecule has 0 saturated carbocycles. The molecule has 1 N–H and O–H groups in total. The number of nitrogens with one attached hydrogen (secondary N) is 1. The average Bonchev–Trinajstić information content (AvgIpc) is 2.50. The molecule has 0 spiro atoms. The van der Waals surface area contributed by atoms with E-state index in [-0.39, 0.29) is 0 Å². The van der Waals surface area contributed by atoms with Crippen molar-refractivity contribution < 1.29 is 4.74 Å². The predicted molar refractivity (Wildman–Crippen MR) is 65.1 cm³/mol. The monoisotopic (exact) mass is 213 g/mol. The van der Waals surface area contributed by atoms with E-state index in [1.165, 1.54) is 19.3 Å². The van der Waals surface area contributed by atoms with Crippen molar-refractivity contribution in [3.63, 3.8) is 0 Å². The maximum atomic E-state index is 5.86. The first kappa shape index (κ1) is 13.0. The van der Waals surface area contributed by atoms with Crippen molar-refractivity contribution in [1.29, 1.82) is 0 Å². The van der Waals surface area contributed by atoms with Crippen LogP contribution in [0.2, 0.25) is 0 Å². The van der Waals surface area contributed by atoms with Crippen LogP contribution in [0.3, 0.4) is 0 Å². The van der Waals surface area contributed by atoms with Gasteiger partial charge in [0.05, 0.1) is 6.10 Å². The summed E-state index contributed by atoms with van der Waals surface area (Å²) in [5.41, 5.74) is 0. The summed E-state index contributed by atoms with van der Waals surface area (Å²) in [6.07, 6.45) is 4.14. The molecule has 90 valence electrons. The fourth-order valence-electron chi connectivity index (χ4n) is 2.13. The fraction of sp³-hybridized carbons (Fsp3) is 1.00. The molecule has 0 aromatic heterocycles. The van der Waals surface area contributed by atoms with Gasteiger partial charge in [-0.15, -0.1) is 0 Å². The molecule has 2 heteroatoms. The van der Waals surface area contributed by atoms with Gasteiger partial charge in [-0.1, -0.05) is 27.7 Å². The van der Waals surface area contributed by atoms with Gasteiger partial charge in [-0.2, -0.15) is 0 Å². The second-order valence-corrected chi connectivity index (χ2v) is 5.65. The van der Waals surface area contributed by atoms with Gasteiger partial charge in [0.1, 0.15) is 0 Å². The van der Waals surface area contributed by atoms with Crippen LogP contribution in [0.25, 0.3) is 0 Å². The summed E-state index contributed by atoms with van der Waals surface area (Å²) in [4.78, 5) is 0. The lowest BCUT2D eigenvalue weighted by atomic mass is 10.0. The highest BCUT2D eigenvalue weighted by Crippen LogP contribution is 2.17. The quantitative estimate of drug-likeness (QED) is 0.732. The van der Waals surface area contributed by atoms with Gasteiger partial charge in [-0.25, -0.2) is 0 Å². The van der Waals surface area contributed by atoms with E-state index in [2.05, 4.69) is 33.0 Å². The van der Waals surface area contributed by atoms with Crippen LogP contribution < -0.4 is 5.32 Å². The van der Waals surface area contributed by atoms with Gasteiger partial charge in [0.25, 0.3) is 0 Å². The van der Waals surface area contributed by atoms with Gasteiger partial charge >= 0.3 is 0 Å². The first-order chi connectivity index (χ1) is 7.08. The van der Waals surface area contributed by atoms with E-state index in [9.17, 15) is 0 Å². The third-order valence-electron chi connectivity index (χ3n) is 2.99. The van der Waals surface area contributed by atoms with Gasteiger partial charge in [-0.05, 0) is 31.1 Å². The summed E-state index contributed by atoms with van der Waals surface area (Å²) >= 11 is 0. The molecule has 1 aliphatic rings. The van der Waals surface area contributed by atoms with Gasteiger partial charge in [0, 0.05) is 19.2 Å². The summed E-state index contributed by atoms with van der Waals surface area (Å²) in [7, 11) is 0. The predicted octanol–water partition coefficient (Wildman–Crippen LogP) is 2.83. The number of rotatable bonds is 6. The molecule has 2 atom stereocenters. The Kier molecular flexibility index (Phi) is 5.62. The highest BCUT2D eigenvalue weighted by molar-refractivity contribution is 4.82. The van der Waals surface area contributed by atoms with Crippen molar-refractivity contribution in [3.8, 4) is 0 Å². The third kappa shape index (κ3) is 5.53. The van der Waals surface area contributed by atoms with Crippen LogP contribution in [0.1, 0.15) is 47.0 Å². The van der Waals surface area contributed by atoms with Crippen LogP contribution in [-0.4, -0.2) is 25.3 Å². The van der Waals surface area contributed by atoms with E-state index in [4.69, 9.17) is 4.74 Å². The Labute approximate surface area is 94.8 Å². The average molecular weight is 213 g/mol.